The molecular formula is C40H47N5O6S. The van der Waals surface area contributed by atoms with Crippen molar-refractivity contribution in [2.45, 2.75) is 95.1 Å². The molecule has 52 heavy (non-hydrogen) atoms. The third-order valence-corrected chi connectivity index (χ3v) is 13.3. The number of rotatable bonds is 7. The monoisotopic (exact) mass is 725 g/mol. The van der Waals surface area contributed by atoms with E-state index >= 15 is 0 Å². The summed E-state index contributed by atoms with van der Waals surface area (Å²) in [4.78, 5) is 29.7. The van der Waals surface area contributed by atoms with E-state index in [0.717, 1.165) is 76.8 Å². The van der Waals surface area contributed by atoms with Crippen LogP contribution in [0.25, 0.3) is 33.8 Å². The van der Waals surface area contributed by atoms with Crippen molar-refractivity contribution >= 4 is 44.4 Å². The number of carbonyl (C=O) groups is 2. The van der Waals surface area contributed by atoms with E-state index in [4.69, 9.17) is 9.47 Å². The fourth-order valence-corrected chi connectivity index (χ4v) is 10.3. The number of morpholine rings is 1. The molecule has 11 nitrogen and oxygen atoms in total. The van der Waals surface area contributed by atoms with Crippen molar-refractivity contribution in [1.29, 1.82) is 0 Å². The molecule has 1 N–H and O–H groups in total. The fraction of sp³-hybridized carbons (Fsp3) is 0.475. The van der Waals surface area contributed by atoms with Crippen molar-refractivity contribution in [1.82, 2.24) is 24.0 Å². The molecule has 8 rings (SSSR count). The van der Waals surface area contributed by atoms with Crippen LogP contribution in [-0.2, 0) is 28.4 Å². The van der Waals surface area contributed by atoms with Crippen LogP contribution in [0.2, 0.25) is 0 Å². The van der Waals surface area contributed by atoms with Gasteiger partial charge in [-0.2, -0.15) is 5.10 Å². The van der Waals surface area contributed by atoms with Crippen molar-refractivity contribution in [2.24, 2.45) is 7.05 Å². The third-order valence-electron chi connectivity index (χ3n) is 11.5. The van der Waals surface area contributed by atoms with Gasteiger partial charge < -0.3 is 18.9 Å². The molecule has 274 valence electrons. The van der Waals surface area contributed by atoms with Crippen molar-refractivity contribution in [3.8, 4) is 17.0 Å². The first-order valence-corrected chi connectivity index (χ1v) is 20.1. The van der Waals surface area contributed by atoms with E-state index in [2.05, 4.69) is 26.5 Å². The number of aryl methyl sites for hydroxylation is 1. The smallest absolute Gasteiger partial charge is 0.264 e. The Labute approximate surface area is 305 Å². The molecule has 0 spiro atoms. The number of nitrogens with one attached hydrogen (secondary N) is 1. The summed E-state index contributed by atoms with van der Waals surface area (Å²) in [7, 11) is -0.236. The van der Waals surface area contributed by atoms with E-state index in [1.807, 2.05) is 50.1 Å². The summed E-state index contributed by atoms with van der Waals surface area (Å²) in [5.41, 5.74) is 7.61. The number of fused-ring (bicyclic) bond motifs is 5. The standard InChI is InChI=1S/C40H47N5O6S/c1-24-21-44(22-25(2)51-24)40(47)34-20-41-43(3)37(34)29-17-28-18-30(50-4)14-16-32(28)38-36(26-9-6-5-7-10-26)33-15-13-27(19-35(33)45(38)23-29)39(46)42-52(48,49)31-11-8-12-31/h13-20,24-26,31H,5-12,21-23H2,1-4H3,(H,42,46). The number of sulfonamides is 1. The van der Waals surface area contributed by atoms with Gasteiger partial charge in [-0.05, 0) is 98.6 Å². The lowest BCUT2D eigenvalue weighted by atomic mass is 9.81. The third kappa shape index (κ3) is 6.13. The van der Waals surface area contributed by atoms with Crippen molar-refractivity contribution in [2.75, 3.05) is 20.2 Å². The molecule has 4 heterocycles. The number of hydrogen-bond donors (Lipinski definition) is 1. The molecule has 3 fully saturated rings. The molecule has 2 aliphatic carbocycles. The largest absolute Gasteiger partial charge is 0.497 e. The predicted molar refractivity (Wildman–Crippen MR) is 201 cm³/mol. The van der Waals surface area contributed by atoms with E-state index in [1.165, 1.54) is 12.0 Å². The van der Waals surface area contributed by atoms with Crippen LogP contribution in [-0.4, -0.2) is 77.1 Å². The molecule has 4 aromatic rings. The van der Waals surface area contributed by atoms with Crippen molar-refractivity contribution < 1.29 is 27.5 Å². The van der Waals surface area contributed by atoms with Gasteiger partial charge in [0.1, 0.15) is 5.75 Å². The van der Waals surface area contributed by atoms with Crippen LogP contribution >= 0.6 is 0 Å². The summed E-state index contributed by atoms with van der Waals surface area (Å²) in [6.07, 6.45) is 11.3. The van der Waals surface area contributed by atoms with Crippen LogP contribution < -0.4 is 9.46 Å². The summed E-state index contributed by atoms with van der Waals surface area (Å²) >= 11 is 0. The van der Waals surface area contributed by atoms with Crippen LogP contribution in [0.1, 0.15) is 109 Å². The van der Waals surface area contributed by atoms with Gasteiger partial charge in [-0.15, -0.1) is 0 Å². The molecule has 2 saturated carbocycles. The quantitative estimate of drug-likeness (QED) is 0.230. The first-order valence-electron chi connectivity index (χ1n) is 18.6. The summed E-state index contributed by atoms with van der Waals surface area (Å²) in [6.45, 7) is 5.36. The minimum atomic E-state index is -3.76. The van der Waals surface area contributed by atoms with Gasteiger partial charge >= 0.3 is 0 Å². The SMILES string of the molecule is COc1ccc2c(c1)C=C(c1c(C(=O)N3CC(C)OC(C)C3)cnn1C)Cn1c-2c(C2CCCCC2)c2ccc(C(=O)NS(=O)(=O)C3CCC3)cc21. The average Bonchev–Trinajstić information content (AvgIpc) is 3.57. The van der Waals surface area contributed by atoms with Gasteiger partial charge in [0, 0.05) is 42.2 Å². The highest BCUT2D eigenvalue weighted by Gasteiger charge is 2.35. The van der Waals surface area contributed by atoms with Gasteiger partial charge in [0.15, 0.2) is 0 Å². The van der Waals surface area contributed by atoms with E-state index in [9.17, 15) is 18.0 Å². The van der Waals surface area contributed by atoms with Gasteiger partial charge in [0.05, 0.1) is 54.3 Å². The maximum atomic E-state index is 14.2. The molecule has 12 heteroatoms. The topological polar surface area (TPSA) is 125 Å². The zero-order valence-corrected chi connectivity index (χ0v) is 31.2. The number of nitrogens with zero attached hydrogens (tertiary/aromatic N) is 4. The van der Waals surface area contributed by atoms with E-state index < -0.39 is 21.2 Å². The van der Waals surface area contributed by atoms with Crippen LogP contribution in [0.15, 0.2) is 42.6 Å². The summed E-state index contributed by atoms with van der Waals surface area (Å²) in [6, 6.07) is 11.7. The van der Waals surface area contributed by atoms with E-state index in [0.29, 0.717) is 49.5 Å². The highest BCUT2D eigenvalue weighted by atomic mass is 32.2. The average molecular weight is 726 g/mol. The first-order chi connectivity index (χ1) is 25.0. The second kappa shape index (κ2) is 13.5. The number of hydrogen-bond acceptors (Lipinski definition) is 7. The Hall–Kier alpha value is -4.42. The minimum absolute atomic E-state index is 0.0774. The van der Waals surface area contributed by atoms with Crippen LogP contribution in [0, 0.1) is 0 Å². The van der Waals surface area contributed by atoms with Crippen molar-refractivity contribution in [3.05, 3.63) is 70.5 Å². The number of methoxy groups -OCH3 is 1. The minimum Gasteiger partial charge on any atom is -0.497 e. The van der Waals surface area contributed by atoms with Gasteiger partial charge in [-0.1, -0.05) is 31.7 Å². The molecule has 2 atom stereocenters. The van der Waals surface area contributed by atoms with Crippen LogP contribution in [0.4, 0.5) is 0 Å². The lowest BCUT2D eigenvalue weighted by molar-refractivity contribution is -0.0586. The Morgan fingerprint density at radius 3 is 2.38 bits per heavy atom. The molecule has 2 aromatic carbocycles. The number of benzene rings is 2. The maximum absolute atomic E-state index is 14.2. The number of allylic oxidation sites excluding steroid dienone is 1. The van der Waals surface area contributed by atoms with Gasteiger partial charge in [-0.25, -0.2) is 13.1 Å². The van der Waals surface area contributed by atoms with Crippen molar-refractivity contribution in [3.63, 3.8) is 0 Å². The van der Waals surface area contributed by atoms with Gasteiger partial charge in [0.2, 0.25) is 10.0 Å². The number of amides is 2. The molecule has 4 aliphatic rings. The normalized spacial score (nSPS) is 21.2. The molecule has 2 aromatic heterocycles. The Bertz CT molecular complexity index is 2200. The fourth-order valence-electron chi connectivity index (χ4n) is 8.77. The Morgan fingerprint density at radius 1 is 0.942 bits per heavy atom. The lowest BCUT2D eigenvalue weighted by Crippen LogP contribution is -2.48. The van der Waals surface area contributed by atoms with Gasteiger partial charge in [-0.3, -0.25) is 14.3 Å². The highest BCUT2D eigenvalue weighted by molar-refractivity contribution is 7.90. The zero-order chi connectivity index (χ0) is 36.3. The Kier molecular flexibility index (Phi) is 9.02. The van der Waals surface area contributed by atoms with Gasteiger partial charge in [0.25, 0.3) is 11.8 Å². The molecule has 2 aliphatic heterocycles. The van der Waals surface area contributed by atoms with Crippen LogP contribution in [0.5, 0.6) is 5.75 Å². The number of ether oxygens (including phenoxy) is 2. The second-order valence-corrected chi connectivity index (χ2v) is 17.0. The first kappa shape index (κ1) is 34.7. The Morgan fingerprint density at radius 2 is 1.69 bits per heavy atom. The molecule has 2 amide bonds. The van der Waals surface area contributed by atoms with Crippen LogP contribution in [0.3, 0.4) is 0 Å². The highest BCUT2D eigenvalue weighted by Crippen LogP contribution is 2.48. The summed E-state index contributed by atoms with van der Waals surface area (Å²) in [5, 5.41) is 5.15. The molecule has 2 unspecified atom stereocenters. The Balaban J connectivity index is 1.30. The lowest BCUT2D eigenvalue weighted by Gasteiger charge is -2.35. The maximum Gasteiger partial charge on any atom is 0.264 e. The van der Waals surface area contributed by atoms with E-state index in [-0.39, 0.29) is 18.1 Å². The number of aromatic nitrogens is 3. The summed E-state index contributed by atoms with van der Waals surface area (Å²) in [5.74, 6) is 0.337. The predicted octanol–water partition coefficient (Wildman–Crippen LogP) is 6.51. The molecule has 0 radical (unpaired) electrons. The molecule has 0 bridgehead atoms. The summed E-state index contributed by atoms with van der Waals surface area (Å²) < 4.78 is 44.0. The number of carbonyl (C=O) groups excluding carboxylic acids is 2. The molecular weight excluding hydrogens is 679 g/mol. The second-order valence-electron chi connectivity index (χ2n) is 15.1. The molecule has 1 saturated heterocycles. The van der Waals surface area contributed by atoms with E-state index in [1.54, 1.807) is 24.1 Å². The zero-order valence-electron chi connectivity index (χ0n) is 30.4.